The fraction of sp³-hybridized carbons (Fsp3) is 0.421. The molecule has 5 nitrogen and oxygen atoms in total. The number of para-hydroxylation sites is 1. The third-order valence-electron chi connectivity index (χ3n) is 4.46. The van der Waals surface area contributed by atoms with Crippen LogP contribution < -0.4 is 0 Å². The van der Waals surface area contributed by atoms with E-state index in [1.807, 2.05) is 41.2 Å². The number of aromatic nitrogens is 2. The number of hydrogen-bond donors (Lipinski definition) is 0. The average Bonchev–Trinajstić information content (AvgIpc) is 2.88. The van der Waals surface area contributed by atoms with E-state index in [4.69, 9.17) is 5.26 Å². The predicted molar refractivity (Wildman–Crippen MR) is 91.2 cm³/mol. The van der Waals surface area contributed by atoms with Crippen LogP contribution in [0.4, 0.5) is 0 Å². The highest BCUT2D eigenvalue weighted by atomic mass is 16.2. The monoisotopic (exact) mass is 322 g/mol. The Balaban J connectivity index is 2.00. The number of carbonyl (C=O) groups is 1. The summed E-state index contributed by atoms with van der Waals surface area (Å²) in [6, 6.07) is 12.1. The maximum Gasteiger partial charge on any atom is 0.239 e. The molecule has 24 heavy (non-hydrogen) atoms. The molecule has 3 rings (SSSR count). The summed E-state index contributed by atoms with van der Waals surface area (Å²) < 4.78 is 1.97. The van der Waals surface area contributed by atoms with Crippen molar-refractivity contribution in [2.75, 3.05) is 6.54 Å². The van der Waals surface area contributed by atoms with Gasteiger partial charge in [-0.1, -0.05) is 32.0 Å². The van der Waals surface area contributed by atoms with E-state index in [9.17, 15) is 4.79 Å². The molecule has 1 aliphatic heterocycles. The lowest BCUT2D eigenvalue weighted by molar-refractivity contribution is -0.135. The number of hydrogen-bond acceptors (Lipinski definition) is 3. The maximum absolute atomic E-state index is 12.5. The fourth-order valence-electron chi connectivity index (χ4n) is 3.29. The number of rotatable bonds is 2. The van der Waals surface area contributed by atoms with Crippen LogP contribution in [0, 0.1) is 22.7 Å². The van der Waals surface area contributed by atoms with Gasteiger partial charge in [0.15, 0.2) is 0 Å². The highest BCUT2D eigenvalue weighted by Crippen LogP contribution is 2.32. The van der Waals surface area contributed by atoms with Gasteiger partial charge in [-0.2, -0.15) is 10.4 Å². The highest BCUT2D eigenvalue weighted by molar-refractivity contribution is 5.81. The molecule has 0 radical (unpaired) electrons. The summed E-state index contributed by atoms with van der Waals surface area (Å²) in [5.74, 6) is -0.725. The van der Waals surface area contributed by atoms with E-state index in [2.05, 4.69) is 25.0 Å². The number of fused-ring (bicyclic) bond motifs is 1. The van der Waals surface area contributed by atoms with Crippen LogP contribution in [0.25, 0.3) is 5.69 Å². The van der Waals surface area contributed by atoms with Gasteiger partial charge in [0, 0.05) is 24.3 Å². The van der Waals surface area contributed by atoms with Gasteiger partial charge in [0.05, 0.1) is 18.0 Å². The van der Waals surface area contributed by atoms with Crippen LogP contribution in [0.2, 0.25) is 0 Å². The fourth-order valence-corrected chi connectivity index (χ4v) is 3.29. The molecule has 1 aliphatic rings. The Morgan fingerprint density at radius 2 is 2.04 bits per heavy atom. The molecule has 1 unspecified atom stereocenters. The first-order valence-electron chi connectivity index (χ1n) is 8.21. The van der Waals surface area contributed by atoms with Crippen LogP contribution in [0.15, 0.2) is 36.5 Å². The largest absolute Gasteiger partial charge is 0.337 e. The van der Waals surface area contributed by atoms with Crippen LogP contribution in [0.3, 0.4) is 0 Å². The Labute approximate surface area is 142 Å². The molecular formula is C19H22N4O. The average molecular weight is 322 g/mol. The van der Waals surface area contributed by atoms with Gasteiger partial charge in [-0.15, -0.1) is 0 Å². The quantitative estimate of drug-likeness (QED) is 0.854. The smallest absolute Gasteiger partial charge is 0.239 e. The molecule has 0 fully saturated rings. The summed E-state index contributed by atoms with van der Waals surface area (Å²) in [5, 5.41) is 13.6. The third kappa shape index (κ3) is 3.05. The molecule has 124 valence electrons. The molecule has 1 atom stereocenters. The van der Waals surface area contributed by atoms with Gasteiger partial charge in [0.1, 0.15) is 5.92 Å². The molecular weight excluding hydrogens is 300 g/mol. The summed E-state index contributed by atoms with van der Waals surface area (Å²) in [4.78, 5) is 14.3. The zero-order chi connectivity index (χ0) is 17.3. The van der Waals surface area contributed by atoms with Crippen molar-refractivity contribution < 1.29 is 4.79 Å². The van der Waals surface area contributed by atoms with Crippen molar-refractivity contribution in [3.05, 3.63) is 47.8 Å². The Bertz CT molecular complexity index is 785. The van der Waals surface area contributed by atoms with Crippen molar-refractivity contribution in [3.8, 4) is 11.8 Å². The third-order valence-corrected chi connectivity index (χ3v) is 4.46. The van der Waals surface area contributed by atoms with E-state index in [1.54, 1.807) is 11.8 Å². The molecule has 0 saturated carbocycles. The van der Waals surface area contributed by atoms with Gasteiger partial charge >= 0.3 is 0 Å². The minimum absolute atomic E-state index is 0.0807. The number of carbonyl (C=O) groups excluding carboxylic acids is 1. The minimum Gasteiger partial charge on any atom is -0.337 e. The first-order chi connectivity index (χ1) is 11.4. The zero-order valence-corrected chi connectivity index (χ0v) is 14.4. The summed E-state index contributed by atoms with van der Waals surface area (Å²) in [5.41, 5.74) is 3.15. The van der Waals surface area contributed by atoms with Gasteiger partial charge in [-0.3, -0.25) is 4.79 Å². The van der Waals surface area contributed by atoms with Crippen molar-refractivity contribution in [2.45, 2.75) is 33.7 Å². The second-order valence-electron chi connectivity index (χ2n) is 7.25. The van der Waals surface area contributed by atoms with Crippen molar-refractivity contribution in [1.82, 2.24) is 14.7 Å². The van der Waals surface area contributed by atoms with Crippen LogP contribution in [0.5, 0.6) is 0 Å². The van der Waals surface area contributed by atoms with Crippen LogP contribution in [-0.4, -0.2) is 27.1 Å². The standard InChI is InChI=1S/C19H22N4O/c1-14(10-20)18(24)22-12-15-11-21-23(16-7-5-4-6-8-16)17(15)9-19(2,3)13-22/h4-8,11,14H,9,12-13H2,1-3H3. The van der Waals surface area contributed by atoms with Crippen LogP contribution in [0.1, 0.15) is 32.0 Å². The first kappa shape index (κ1) is 16.3. The van der Waals surface area contributed by atoms with Gasteiger partial charge in [-0.25, -0.2) is 4.68 Å². The Morgan fingerprint density at radius 1 is 1.33 bits per heavy atom. The van der Waals surface area contributed by atoms with Gasteiger partial charge in [0.25, 0.3) is 0 Å². The Kier molecular flexibility index (Phi) is 4.15. The van der Waals surface area contributed by atoms with Gasteiger partial charge in [0.2, 0.25) is 5.91 Å². The zero-order valence-electron chi connectivity index (χ0n) is 14.4. The van der Waals surface area contributed by atoms with Crippen LogP contribution >= 0.6 is 0 Å². The SMILES string of the molecule is CC(C#N)C(=O)N1Cc2cnn(-c3ccccc3)c2CC(C)(C)C1. The lowest BCUT2D eigenvalue weighted by Crippen LogP contribution is -2.39. The maximum atomic E-state index is 12.5. The lowest BCUT2D eigenvalue weighted by atomic mass is 9.87. The minimum atomic E-state index is -0.619. The second kappa shape index (κ2) is 6.12. The molecule has 1 aromatic carbocycles. The summed E-state index contributed by atoms with van der Waals surface area (Å²) in [6.45, 7) is 7.12. The predicted octanol–water partition coefficient (Wildman–Crippen LogP) is 2.94. The summed E-state index contributed by atoms with van der Waals surface area (Å²) in [7, 11) is 0. The summed E-state index contributed by atoms with van der Waals surface area (Å²) >= 11 is 0. The molecule has 0 spiro atoms. The number of nitriles is 1. The van der Waals surface area contributed by atoms with Crippen molar-refractivity contribution >= 4 is 5.91 Å². The van der Waals surface area contributed by atoms with Crippen molar-refractivity contribution in [3.63, 3.8) is 0 Å². The van der Waals surface area contributed by atoms with Crippen molar-refractivity contribution in [2.24, 2.45) is 11.3 Å². The highest BCUT2D eigenvalue weighted by Gasteiger charge is 2.34. The molecule has 0 aliphatic carbocycles. The molecule has 2 aromatic rings. The number of nitrogens with zero attached hydrogens (tertiary/aromatic N) is 4. The van der Waals surface area contributed by atoms with E-state index in [0.29, 0.717) is 13.1 Å². The van der Waals surface area contributed by atoms with Crippen LogP contribution in [-0.2, 0) is 17.8 Å². The molecule has 0 bridgehead atoms. The van der Waals surface area contributed by atoms with E-state index in [-0.39, 0.29) is 11.3 Å². The molecule has 5 heteroatoms. The van der Waals surface area contributed by atoms with Crippen molar-refractivity contribution in [1.29, 1.82) is 5.26 Å². The van der Waals surface area contributed by atoms with E-state index in [1.165, 1.54) is 0 Å². The molecule has 1 aromatic heterocycles. The van der Waals surface area contributed by atoms with E-state index < -0.39 is 5.92 Å². The number of benzene rings is 1. The second-order valence-corrected chi connectivity index (χ2v) is 7.25. The van der Waals surface area contributed by atoms with Gasteiger partial charge < -0.3 is 4.90 Å². The number of amides is 1. The molecule has 0 N–H and O–H groups in total. The summed E-state index contributed by atoms with van der Waals surface area (Å²) in [6.07, 6.45) is 2.68. The van der Waals surface area contributed by atoms with Gasteiger partial charge in [-0.05, 0) is 30.9 Å². The van der Waals surface area contributed by atoms with E-state index >= 15 is 0 Å². The Hall–Kier alpha value is -2.61. The Morgan fingerprint density at radius 3 is 2.71 bits per heavy atom. The first-order valence-corrected chi connectivity index (χ1v) is 8.21. The molecule has 0 saturated heterocycles. The lowest BCUT2D eigenvalue weighted by Gasteiger charge is -2.30. The van der Waals surface area contributed by atoms with E-state index in [0.717, 1.165) is 23.4 Å². The molecule has 2 heterocycles. The molecule has 1 amide bonds. The topological polar surface area (TPSA) is 61.9 Å². The normalized spacial score (nSPS) is 17.5.